The summed E-state index contributed by atoms with van der Waals surface area (Å²) in [5, 5.41) is 11.8. The van der Waals surface area contributed by atoms with Crippen molar-refractivity contribution >= 4 is 11.8 Å². The van der Waals surface area contributed by atoms with Crippen LogP contribution >= 0.6 is 0 Å². The van der Waals surface area contributed by atoms with Crippen LogP contribution in [0.1, 0.15) is 10.4 Å². The molecule has 16 heavy (non-hydrogen) atoms. The maximum Gasteiger partial charge on any atom is 0.255 e. The highest BCUT2D eigenvalue weighted by molar-refractivity contribution is 5.98. The molecule has 0 spiro atoms. The molecule has 86 valence electrons. The van der Waals surface area contributed by atoms with Crippen molar-refractivity contribution in [2.75, 3.05) is 13.7 Å². The number of hydrogen-bond donors (Lipinski definition) is 3. The van der Waals surface area contributed by atoms with Gasteiger partial charge in [-0.15, -0.1) is 0 Å². The van der Waals surface area contributed by atoms with Crippen molar-refractivity contribution in [3.05, 3.63) is 23.8 Å². The van der Waals surface area contributed by atoms with E-state index in [2.05, 4.69) is 5.32 Å². The zero-order valence-electron chi connectivity index (χ0n) is 8.69. The Morgan fingerprint density at radius 1 is 1.50 bits per heavy atom. The smallest absolute Gasteiger partial charge is 0.255 e. The minimum absolute atomic E-state index is 0.0575. The predicted molar refractivity (Wildman–Crippen MR) is 56.2 cm³/mol. The van der Waals surface area contributed by atoms with Crippen LogP contribution in [0.25, 0.3) is 0 Å². The number of phenolic OH excluding ortho intramolecular Hbond substituents is 1. The second-order valence-corrected chi connectivity index (χ2v) is 3.03. The van der Waals surface area contributed by atoms with Crippen LogP contribution in [-0.2, 0) is 4.79 Å². The van der Waals surface area contributed by atoms with E-state index < -0.39 is 11.8 Å². The fourth-order valence-corrected chi connectivity index (χ4v) is 1.09. The summed E-state index contributed by atoms with van der Waals surface area (Å²) in [7, 11) is 1.45. The molecule has 1 aromatic carbocycles. The number of amides is 2. The van der Waals surface area contributed by atoms with E-state index in [-0.39, 0.29) is 17.9 Å². The van der Waals surface area contributed by atoms with E-state index in [9.17, 15) is 14.7 Å². The lowest BCUT2D eigenvalue weighted by Gasteiger charge is -2.06. The van der Waals surface area contributed by atoms with Crippen molar-refractivity contribution in [1.29, 1.82) is 0 Å². The minimum atomic E-state index is -0.652. The third-order valence-electron chi connectivity index (χ3n) is 1.87. The number of ether oxygens (including phenoxy) is 1. The van der Waals surface area contributed by atoms with E-state index in [0.717, 1.165) is 0 Å². The Balaban J connectivity index is 2.79. The van der Waals surface area contributed by atoms with Gasteiger partial charge in [0.05, 0.1) is 19.2 Å². The van der Waals surface area contributed by atoms with Gasteiger partial charge in [0.2, 0.25) is 5.91 Å². The number of phenols is 1. The Morgan fingerprint density at radius 2 is 2.19 bits per heavy atom. The average molecular weight is 224 g/mol. The quantitative estimate of drug-likeness (QED) is 0.648. The lowest BCUT2D eigenvalue weighted by molar-refractivity contribution is -0.117. The number of nitrogens with two attached hydrogens (primary N) is 1. The average Bonchev–Trinajstić information content (AvgIpc) is 2.25. The molecule has 0 aliphatic rings. The van der Waals surface area contributed by atoms with Gasteiger partial charge in [-0.2, -0.15) is 0 Å². The molecule has 0 fully saturated rings. The molecule has 4 N–H and O–H groups in total. The number of carbonyl (C=O) groups is 2. The van der Waals surface area contributed by atoms with Gasteiger partial charge < -0.3 is 20.9 Å². The zero-order valence-corrected chi connectivity index (χ0v) is 8.69. The maximum atomic E-state index is 11.4. The predicted octanol–water partition coefficient (Wildman–Crippen LogP) is -0.384. The van der Waals surface area contributed by atoms with Crippen molar-refractivity contribution < 1.29 is 19.4 Å². The van der Waals surface area contributed by atoms with Crippen LogP contribution < -0.4 is 15.8 Å². The summed E-state index contributed by atoms with van der Waals surface area (Å²) in [6, 6.07) is 4.22. The highest BCUT2D eigenvalue weighted by atomic mass is 16.5. The summed E-state index contributed by atoms with van der Waals surface area (Å²) in [4.78, 5) is 21.9. The second kappa shape index (κ2) is 5.01. The van der Waals surface area contributed by atoms with E-state index in [1.54, 1.807) is 0 Å². The Labute approximate surface area is 92.0 Å². The van der Waals surface area contributed by atoms with Crippen molar-refractivity contribution in [2.45, 2.75) is 0 Å². The van der Waals surface area contributed by atoms with Gasteiger partial charge in [0.15, 0.2) is 0 Å². The molecule has 2 amide bonds. The summed E-state index contributed by atoms with van der Waals surface area (Å²) in [5.41, 5.74) is 4.92. The van der Waals surface area contributed by atoms with Gasteiger partial charge in [-0.05, 0) is 12.1 Å². The van der Waals surface area contributed by atoms with E-state index in [4.69, 9.17) is 10.5 Å². The standard InChI is InChI=1S/C10H12N2O4/c1-16-6-2-3-7(8(13)4-6)10(15)12-5-9(11)14/h2-4,13H,5H2,1H3,(H2,11,14)(H,12,15). The number of nitrogens with one attached hydrogen (secondary N) is 1. The van der Waals surface area contributed by atoms with E-state index >= 15 is 0 Å². The Hall–Kier alpha value is -2.24. The van der Waals surface area contributed by atoms with E-state index in [1.165, 1.54) is 25.3 Å². The maximum absolute atomic E-state index is 11.4. The highest BCUT2D eigenvalue weighted by Crippen LogP contribution is 2.22. The van der Waals surface area contributed by atoms with Crippen molar-refractivity contribution in [2.24, 2.45) is 5.73 Å². The number of primary amides is 1. The van der Waals surface area contributed by atoms with Gasteiger partial charge >= 0.3 is 0 Å². The molecule has 0 aliphatic heterocycles. The molecule has 0 unspecified atom stereocenters. The van der Waals surface area contributed by atoms with Gasteiger partial charge in [-0.1, -0.05) is 0 Å². The lowest BCUT2D eigenvalue weighted by atomic mass is 10.2. The van der Waals surface area contributed by atoms with E-state index in [0.29, 0.717) is 5.75 Å². The summed E-state index contributed by atoms with van der Waals surface area (Å²) in [6.45, 7) is -0.274. The molecule has 0 aliphatic carbocycles. The first-order chi connectivity index (χ1) is 7.54. The SMILES string of the molecule is COc1ccc(C(=O)NCC(N)=O)c(O)c1. The number of carbonyl (C=O) groups excluding carboxylic acids is 2. The van der Waals surface area contributed by atoms with Crippen molar-refractivity contribution in [3.63, 3.8) is 0 Å². The molecule has 1 aromatic rings. The van der Waals surface area contributed by atoms with Crippen LogP contribution in [0.4, 0.5) is 0 Å². The van der Waals surface area contributed by atoms with Crippen LogP contribution in [0, 0.1) is 0 Å². The highest BCUT2D eigenvalue weighted by Gasteiger charge is 2.11. The van der Waals surface area contributed by atoms with Crippen LogP contribution in [0.15, 0.2) is 18.2 Å². The van der Waals surface area contributed by atoms with Crippen LogP contribution in [0.5, 0.6) is 11.5 Å². The lowest BCUT2D eigenvalue weighted by Crippen LogP contribution is -2.33. The molecule has 0 radical (unpaired) electrons. The molecule has 0 heterocycles. The third-order valence-corrected chi connectivity index (χ3v) is 1.87. The number of benzene rings is 1. The number of rotatable bonds is 4. The molecule has 0 atom stereocenters. The summed E-state index contributed by atoms with van der Waals surface area (Å²) in [6.07, 6.45) is 0. The Kier molecular flexibility index (Phi) is 3.71. The van der Waals surface area contributed by atoms with Crippen molar-refractivity contribution in [3.8, 4) is 11.5 Å². The molecule has 6 nitrogen and oxygen atoms in total. The molecule has 0 saturated carbocycles. The first-order valence-corrected chi connectivity index (χ1v) is 4.48. The van der Waals surface area contributed by atoms with Crippen LogP contribution in [0.2, 0.25) is 0 Å². The van der Waals surface area contributed by atoms with Crippen LogP contribution in [-0.4, -0.2) is 30.6 Å². The molecule has 6 heteroatoms. The summed E-state index contributed by atoms with van der Waals surface area (Å²) >= 11 is 0. The minimum Gasteiger partial charge on any atom is -0.507 e. The number of methoxy groups -OCH3 is 1. The number of aromatic hydroxyl groups is 1. The van der Waals surface area contributed by atoms with Gasteiger partial charge in [0.1, 0.15) is 11.5 Å². The molecule has 0 bridgehead atoms. The fourth-order valence-electron chi connectivity index (χ4n) is 1.09. The monoisotopic (exact) mass is 224 g/mol. The Bertz CT molecular complexity index is 417. The molecular formula is C10H12N2O4. The van der Waals surface area contributed by atoms with Crippen molar-refractivity contribution in [1.82, 2.24) is 5.32 Å². The fraction of sp³-hybridized carbons (Fsp3) is 0.200. The van der Waals surface area contributed by atoms with Gasteiger partial charge in [0, 0.05) is 6.07 Å². The zero-order chi connectivity index (χ0) is 12.1. The molecule has 0 aromatic heterocycles. The molecular weight excluding hydrogens is 212 g/mol. The van der Waals surface area contributed by atoms with Gasteiger partial charge in [-0.3, -0.25) is 9.59 Å². The largest absolute Gasteiger partial charge is 0.507 e. The number of hydrogen-bond acceptors (Lipinski definition) is 4. The normalized spacial score (nSPS) is 9.56. The first kappa shape index (κ1) is 11.8. The van der Waals surface area contributed by atoms with Crippen LogP contribution in [0.3, 0.4) is 0 Å². The second-order valence-electron chi connectivity index (χ2n) is 3.03. The van der Waals surface area contributed by atoms with Gasteiger partial charge in [0.25, 0.3) is 5.91 Å². The molecule has 1 rings (SSSR count). The summed E-state index contributed by atoms with van der Waals surface area (Å²) in [5.74, 6) is -1.01. The third kappa shape index (κ3) is 2.88. The first-order valence-electron chi connectivity index (χ1n) is 4.48. The summed E-state index contributed by atoms with van der Waals surface area (Å²) < 4.78 is 4.86. The van der Waals surface area contributed by atoms with E-state index in [1.807, 2.05) is 0 Å². The van der Waals surface area contributed by atoms with Gasteiger partial charge in [-0.25, -0.2) is 0 Å². The topological polar surface area (TPSA) is 102 Å². The molecule has 0 saturated heterocycles. The Morgan fingerprint density at radius 3 is 2.69 bits per heavy atom.